The minimum absolute atomic E-state index is 0. The predicted octanol–water partition coefficient (Wildman–Crippen LogP) is -10.2. The Bertz CT molecular complexity index is 5960. The zero-order valence-electron chi connectivity index (χ0n) is 74.7. The Hall–Kier alpha value is -8.73. The number of nitrogens with two attached hydrogens (primary N) is 1. The first-order valence-corrected chi connectivity index (χ1v) is 41.2. The quantitative estimate of drug-likeness (QED) is 0.00733. The van der Waals surface area contributed by atoms with Gasteiger partial charge in [-0.05, 0) is 56.4 Å². The van der Waals surface area contributed by atoms with E-state index in [2.05, 4.69) is 45.6 Å². The van der Waals surface area contributed by atoms with Gasteiger partial charge in [0, 0.05) is 161 Å². The number of hydrogen-bond donors (Lipinski definition) is 9. The second kappa shape index (κ2) is 49.4. The van der Waals surface area contributed by atoms with E-state index in [1.54, 1.807) is 19.3 Å². The summed E-state index contributed by atoms with van der Waals surface area (Å²) < 4.78 is 127. The van der Waals surface area contributed by atoms with Gasteiger partial charge in [-0.25, -0.2) is 39.9 Å². The van der Waals surface area contributed by atoms with Crippen LogP contribution >= 0.6 is 0 Å². The number of benzene rings is 4. The number of amides is 7. The first-order valence-electron chi connectivity index (χ1n) is 41.2. The summed E-state index contributed by atoms with van der Waals surface area (Å²) in [5, 5.41) is 57.3. The summed E-state index contributed by atoms with van der Waals surface area (Å²) in [6.07, 6.45) is 11.7. The van der Waals surface area contributed by atoms with Gasteiger partial charge in [0.2, 0.25) is 21.7 Å². The van der Waals surface area contributed by atoms with Crippen molar-refractivity contribution in [2.75, 3.05) is 60.6 Å². The Morgan fingerprint density at radius 2 is 0.772 bits per heavy atom. The molecule has 10 aliphatic rings. The number of aromatic hydroxyl groups is 2. The van der Waals surface area contributed by atoms with Gasteiger partial charge < -0.3 is 140 Å². The van der Waals surface area contributed by atoms with Crippen LogP contribution in [-0.4, -0.2) is 254 Å². The number of esters is 1. The molecule has 9 atom stereocenters. The van der Waals surface area contributed by atoms with Gasteiger partial charge >= 0.3 is 132 Å². The predicted molar refractivity (Wildman–Crippen MR) is 444 cm³/mol. The van der Waals surface area contributed by atoms with Gasteiger partial charge in [-0.15, -0.1) is 0 Å². The van der Waals surface area contributed by atoms with Crippen LogP contribution in [0.15, 0.2) is 117 Å². The summed E-state index contributed by atoms with van der Waals surface area (Å²) in [5.74, 6) is -14.0. The summed E-state index contributed by atoms with van der Waals surface area (Å²) in [6.45, 7) is 4.18. The number of methoxy groups -OCH3 is 3. The van der Waals surface area contributed by atoms with Crippen LogP contribution in [0.2, 0.25) is 0 Å². The molecular formula is C86H89Br2F8K2MgN15O22. The van der Waals surface area contributed by atoms with Crippen molar-refractivity contribution in [3.63, 3.8) is 0 Å². The maximum absolute atomic E-state index is 13.8. The van der Waals surface area contributed by atoms with Crippen LogP contribution in [0.1, 0.15) is 158 Å². The molecule has 1 saturated carbocycles. The Kier molecular flexibility index (Phi) is 40.9. The topological polar surface area (TPSA) is 476 Å². The third-order valence-electron chi connectivity index (χ3n) is 24.0. The van der Waals surface area contributed by atoms with E-state index in [9.17, 15) is 113 Å². The number of aliphatic hydroxyl groups excluding tert-OH is 1. The van der Waals surface area contributed by atoms with Crippen LogP contribution in [0, 0.1) is 46.5 Å². The molecule has 50 heteroatoms. The molecule has 10 N–H and O–H groups in total. The Labute approximate surface area is 891 Å². The molecule has 7 fully saturated rings. The summed E-state index contributed by atoms with van der Waals surface area (Å²) in [4.78, 5) is 175. The largest absolute Gasteiger partial charge is 2.00 e. The third kappa shape index (κ3) is 24.5. The Morgan fingerprint density at radius 1 is 0.471 bits per heavy atom. The number of carbonyl (C=O) groups excluding carboxylic acids is 9. The van der Waals surface area contributed by atoms with Crippen molar-refractivity contribution in [3.8, 4) is 23.0 Å². The normalized spacial score (nSPS) is 19.7. The number of rotatable bonds is 18. The molecule has 136 heavy (non-hydrogen) atoms. The first kappa shape index (κ1) is 113. The fraction of sp³-hybridized carbons (Fsp3) is 0.384. The molecule has 1 aliphatic carbocycles. The molecule has 13 heterocycles. The summed E-state index contributed by atoms with van der Waals surface area (Å²) in [7, 11) is 3.41. The second-order valence-corrected chi connectivity index (χ2v) is 31.9. The number of fused-ring (bicyclic) bond motifs is 18. The molecule has 8 aromatic rings. The Morgan fingerprint density at radius 3 is 1.06 bits per heavy atom. The van der Waals surface area contributed by atoms with Crippen LogP contribution < -0.4 is 200 Å². The molecule has 6 unspecified atom stereocenters. The SMILES string of the molecule is COC(=O)c1c(OC)c(=O)c(C(=O)NCc2ccc(F)cc2F)cn1CC(O)O.COc1c2n(cc(C(=O)NCc3ccc(F)cc3F)c1=O)CC1N3CC[C@H](C3)N1C2=O.NC1CCCCC1.O=C(NCc1ccc(F)cc1F)c1cn2c(c(O)c1=O)C(=O)N1C(C2)N2CC[C@@H]1C2.O=C(NCc1ccc(F)cc1F)c1cn2c(c(O)c1=O)C(=O)N1C(C2)N2CC[C@@H]1C2.O=CO[O-].[Br-].[Br-].[H-].[K+].[K+].[Mg+2]. The molecular weight excluding hydrogens is 2010 g/mol. The summed E-state index contributed by atoms with van der Waals surface area (Å²) in [6, 6.07) is 12.5. The number of ether oxygens (including phenoxy) is 3. The van der Waals surface area contributed by atoms with Gasteiger partial charge in [-0.2, -0.15) is 0 Å². The minimum Gasteiger partial charge on any atom is -1.00 e. The molecule has 6 saturated heterocycles. The van der Waals surface area contributed by atoms with Crippen molar-refractivity contribution in [3.05, 3.63) is 252 Å². The molecule has 4 aromatic heterocycles. The van der Waals surface area contributed by atoms with Crippen molar-refractivity contribution < 1.29 is 261 Å². The fourth-order valence-electron chi connectivity index (χ4n) is 17.7. The molecule has 714 valence electrons. The molecule has 0 spiro atoms. The minimum atomic E-state index is -1.92. The van der Waals surface area contributed by atoms with Gasteiger partial charge in [-0.3, -0.25) is 72.2 Å². The molecule has 4 aromatic carbocycles. The maximum Gasteiger partial charge on any atom is 2.00 e. The van der Waals surface area contributed by atoms with E-state index in [-0.39, 0.29) is 298 Å². The average Bonchev–Trinajstić information content (AvgIpc) is 1.59. The maximum atomic E-state index is 13.8. The molecule has 0 radical (unpaired) electrons. The number of aromatic nitrogens is 4. The van der Waals surface area contributed by atoms with Gasteiger partial charge in [0.05, 0.1) is 47.5 Å². The van der Waals surface area contributed by atoms with E-state index in [1.807, 2.05) is 0 Å². The summed E-state index contributed by atoms with van der Waals surface area (Å²) in [5.41, 5.74) is 0.266. The van der Waals surface area contributed by atoms with E-state index in [0.29, 0.717) is 43.9 Å². The number of nitrogens with one attached hydrogen (secondary N) is 4. The number of hydrogen-bond acceptors (Lipinski definition) is 26. The van der Waals surface area contributed by atoms with E-state index in [0.717, 1.165) is 120 Å². The van der Waals surface area contributed by atoms with E-state index >= 15 is 0 Å². The van der Waals surface area contributed by atoms with Crippen LogP contribution in [0.25, 0.3) is 0 Å². The van der Waals surface area contributed by atoms with Gasteiger partial charge in [0.1, 0.15) is 87.3 Å². The van der Waals surface area contributed by atoms with Crippen LogP contribution in [0.5, 0.6) is 23.0 Å². The number of halogens is 10. The third-order valence-corrected chi connectivity index (χ3v) is 24.0. The average molecular weight is 2100 g/mol. The monoisotopic (exact) mass is 2100 g/mol. The van der Waals surface area contributed by atoms with Gasteiger partial charge in [0.25, 0.3) is 47.8 Å². The molecule has 37 nitrogen and oxygen atoms in total. The van der Waals surface area contributed by atoms with Gasteiger partial charge in [-0.1, -0.05) is 43.5 Å². The standard InChI is InChI=1S/C21H20F2N4O4.2C20H18F2N4O4.C18H18F2N2O7.C6H13N.CH2O3.2BrH.2K.Mg.H/c1-31-19-17-21(30)27-13-4-5-25(8-13)16(27)10-26(17)9-14(18(19)28)20(29)24-7-11-2-3-12(22)6-15(11)23;2*21-11-2-1-10(14(22)5-11)6-23-19(29)13-8-25-9-15-24-4-3-12(7-24)26(15)20(30)16(25)18(28)17(13)27;1-28-16-14(18(27)29-2)22(8-13(23)24)7-11(15(16)25)17(26)21-6-9-3-4-10(19)5-12(9)20;7-6-4-2-1-3-5-6;2-1-4-3;;;;;;/h2-3,6,9,13,16H,4-5,7-8,10H2,1H3,(H,24,29);2*1-2,5,8,12,15,28H,3-4,6-7,9H2,(H,23,29);3-5,7,13,23-24H,6,8H2,1-2H3,(H,21,26);6H,1-5,7H2;1,3H;2*1H;;;;/q;;;;;;;;2*+1;+2;-1/p-3/t13-,16?;2*12-,15?;;;;;;;;;/m111........./s1. The number of pyridine rings is 4. The van der Waals surface area contributed by atoms with Crippen LogP contribution in [0.3, 0.4) is 0 Å². The molecule has 7 amide bonds. The van der Waals surface area contributed by atoms with Crippen molar-refractivity contribution in [2.45, 2.75) is 153 Å². The van der Waals surface area contributed by atoms with E-state index < -0.39 is 151 Å². The van der Waals surface area contributed by atoms with Crippen molar-refractivity contribution in [1.29, 1.82) is 0 Å². The molecule has 18 rings (SSSR count). The number of nitrogens with zero attached hydrogens (tertiary/aromatic N) is 10. The van der Waals surface area contributed by atoms with Crippen molar-refractivity contribution >= 4 is 76.8 Å². The zero-order chi connectivity index (χ0) is 94.4. The smallest absolute Gasteiger partial charge is 1.00 e. The number of carbonyl (C=O) groups is 9. The zero-order valence-corrected chi connectivity index (χ0v) is 84.5. The van der Waals surface area contributed by atoms with Gasteiger partial charge in [0.15, 0.2) is 52.1 Å². The number of aliphatic hydroxyl groups is 2. The van der Waals surface area contributed by atoms with Crippen LogP contribution in [-0.2, 0) is 66.8 Å². The summed E-state index contributed by atoms with van der Waals surface area (Å²) >= 11 is 0. The first-order chi connectivity index (χ1) is 62.6. The van der Waals surface area contributed by atoms with E-state index in [1.165, 1.54) is 85.1 Å². The molecule has 6 bridgehead atoms. The van der Waals surface area contributed by atoms with Crippen LogP contribution in [0.4, 0.5) is 35.1 Å². The Balaban J connectivity index is 0.000000236. The molecule has 9 aliphatic heterocycles. The van der Waals surface area contributed by atoms with Crippen molar-refractivity contribution in [2.24, 2.45) is 5.73 Å². The fourth-order valence-corrected chi connectivity index (χ4v) is 17.7. The second-order valence-electron chi connectivity index (χ2n) is 31.9. The van der Waals surface area contributed by atoms with Crippen molar-refractivity contribution in [1.82, 2.24) is 68.9 Å². The van der Waals surface area contributed by atoms with E-state index in [4.69, 9.17) is 25.3 Å².